The van der Waals surface area contributed by atoms with E-state index in [0.717, 1.165) is 31.1 Å². The van der Waals surface area contributed by atoms with Gasteiger partial charge >= 0.3 is 0 Å². The SMILES string of the molecule is C[C@@H](C(=O)Nc1ccccc1[N+](=O)[O-])[NH+]1CCN(c2ncccn2)CC1. The Labute approximate surface area is 150 Å². The lowest BCUT2D eigenvalue weighted by molar-refractivity contribution is -0.914. The molecule has 2 heterocycles. The highest BCUT2D eigenvalue weighted by Gasteiger charge is 2.30. The zero-order chi connectivity index (χ0) is 18.5. The third kappa shape index (κ3) is 3.94. The van der Waals surface area contributed by atoms with Gasteiger partial charge in [-0.2, -0.15) is 0 Å². The predicted molar refractivity (Wildman–Crippen MR) is 96.1 cm³/mol. The van der Waals surface area contributed by atoms with Crippen LogP contribution in [0.4, 0.5) is 17.3 Å². The lowest BCUT2D eigenvalue weighted by Crippen LogP contribution is -3.19. The van der Waals surface area contributed by atoms with Crippen molar-refractivity contribution in [3.63, 3.8) is 0 Å². The molecule has 0 spiro atoms. The third-order valence-electron chi connectivity index (χ3n) is 4.60. The summed E-state index contributed by atoms with van der Waals surface area (Å²) in [5.41, 5.74) is 0.124. The Kier molecular flexibility index (Phi) is 5.37. The molecule has 136 valence electrons. The van der Waals surface area contributed by atoms with E-state index < -0.39 is 4.92 Å². The van der Waals surface area contributed by atoms with Crippen molar-refractivity contribution in [1.29, 1.82) is 0 Å². The Bertz CT molecular complexity index is 777. The minimum absolute atomic E-state index is 0.103. The van der Waals surface area contributed by atoms with Gasteiger partial charge in [-0.1, -0.05) is 12.1 Å². The molecule has 1 aliphatic rings. The van der Waals surface area contributed by atoms with E-state index in [-0.39, 0.29) is 23.3 Å². The number of hydrogen-bond donors (Lipinski definition) is 2. The molecular formula is C17H21N6O3+. The number of para-hydroxylation sites is 2. The van der Waals surface area contributed by atoms with Gasteiger partial charge in [-0.15, -0.1) is 0 Å². The van der Waals surface area contributed by atoms with Gasteiger partial charge in [-0.3, -0.25) is 14.9 Å². The van der Waals surface area contributed by atoms with Gasteiger partial charge in [0.2, 0.25) is 5.95 Å². The first-order chi connectivity index (χ1) is 12.6. The molecule has 1 atom stereocenters. The monoisotopic (exact) mass is 357 g/mol. The molecular weight excluding hydrogens is 336 g/mol. The first kappa shape index (κ1) is 17.7. The quantitative estimate of drug-likeness (QED) is 0.581. The third-order valence-corrected chi connectivity index (χ3v) is 4.60. The van der Waals surface area contributed by atoms with Crippen molar-refractivity contribution in [3.8, 4) is 0 Å². The van der Waals surface area contributed by atoms with Crippen molar-refractivity contribution in [1.82, 2.24) is 9.97 Å². The number of anilines is 2. The van der Waals surface area contributed by atoms with E-state index in [0.29, 0.717) is 5.95 Å². The number of aromatic nitrogens is 2. The largest absolute Gasteiger partial charge is 0.330 e. The summed E-state index contributed by atoms with van der Waals surface area (Å²) in [6, 6.07) is 7.63. The second-order valence-corrected chi connectivity index (χ2v) is 6.18. The number of rotatable bonds is 5. The molecule has 2 N–H and O–H groups in total. The van der Waals surface area contributed by atoms with Crippen LogP contribution in [0.1, 0.15) is 6.92 Å². The van der Waals surface area contributed by atoms with E-state index in [1.807, 2.05) is 6.92 Å². The van der Waals surface area contributed by atoms with Crippen molar-refractivity contribution in [3.05, 3.63) is 52.8 Å². The van der Waals surface area contributed by atoms with Crippen molar-refractivity contribution < 1.29 is 14.6 Å². The number of quaternary nitrogens is 1. The lowest BCUT2D eigenvalue weighted by Gasteiger charge is -2.34. The number of benzene rings is 1. The summed E-state index contributed by atoms with van der Waals surface area (Å²) in [5.74, 6) is 0.474. The number of carbonyl (C=O) groups is 1. The summed E-state index contributed by atoms with van der Waals surface area (Å²) in [7, 11) is 0. The first-order valence-electron chi connectivity index (χ1n) is 8.47. The molecule has 1 saturated heterocycles. The zero-order valence-corrected chi connectivity index (χ0v) is 14.5. The van der Waals surface area contributed by atoms with E-state index in [9.17, 15) is 14.9 Å². The maximum absolute atomic E-state index is 12.5. The van der Waals surface area contributed by atoms with Gasteiger partial charge in [0.1, 0.15) is 5.69 Å². The van der Waals surface area contributed by atoms with Crippen LogP contribution in [-0.4, -0.2) is 53.0 Å². The highest BCUT2D eigenvalue weighted by atomic mass is 16.6. The normalized spacial score (nSPS) is 16.1. The molecule has 0 radical (unpaired) electrons. The standard InChI is InChI=1S/C17H20N6O3/c1-13(16(24)20-14-5-2-3-6-15(14)23(25)26)21-9-11-22(12-10-21)17-18-7-4-8-19-17/h2-8,13H,9-12H2,1H3,(H,20,24)/p+1/t13-/m0/s1. The average Bonchev–Trinajstić information content (AvgIpc) is 2.68. The molecule has 26 heavy (non-hydrogen) atoms. The van der Waals surface area contributed by atoms with Gasteiger partial charge in [0.15, 0.2) is 6.04 Å². The van der Waals surface area contributed by atoms with Crippen LogP contribution < -0.4 is 15.1 Å². The van der Waals surface area contributed by atoms with Gasteiger partial charge in [0, 0.05) is 18.5 Å². The van der Waals surface area contributed by atoms with Crippen LogP contribution in [0.2, 0.25) is 0 Å². The van der Waals surface area contributed by atoms with Crippen LogP contribution in [-0.2, 0) is 4.79 Å². The Morgan fingerprint density at radius 2 is 1.88 bits per heavy atom. The van der Waals surface area contributed by atoms with E-state index in [4.69, 9.17) is 0 Å². The molecule has 3 rings (SSSR count). The van der Waals surface area contributed by atoms with Gasteiger partial charge in [0.25, 0.3) is 11.6 Å². The molecule has 1 aromatic heterocycles. The van der Waals surface area contributed by atoms with Crippen molar-refractivity contribution in [2.24, 2.45) is 0 Å². The highest BCUT2D eigenvalue weighted by molar-refractivity contribution is 5.95. The zero-order valence-electron chi connectivity index (χ0n) is 14.5. The second-order valence-electron chi connectivity index (χ2n) is 6.18. The highest BCUT2D eigenvalue weighted by Crippen LogP contribution is 2.23. The topological polar surface area (TPSA) is 106 Å². The lowest BCUT2D eigenvalue weighted by atomic mass is 10.2. The van der Waals surface area contributed by atoms with E-state index >= 15 is 0 Å². The van der Waals surface area contributed by atoms with Gasteiger partial charge in [0.05, 0.1) is 31.1 Å². The maximum atomic E-state index is 12.5. The number of nitrogens with zero attached hydrogens (tertiary/aromatic N) is 4. The van der Waals surface area contributed by atoms with E-state index in [2.05, 4.69) is 20.2 Å². The number of carbonyl (C=O) groups excluding carboxylic acids is 1. The first-order valence-corrected chi connectivity index (χ1v) is 8.47. The molecule has 0 unspecified atom stereocenters. The molecule has 1 aliphatic heterocycles. The van der Waals surface area contributed by atoms with Crippen LogP contribution in [0.15, 0.2) is 42.7 Å². The van der Waals surface area contributed by atoms with Crippen molar-refractivity contribution in [2.75, 3.05) is 36.4 Å². The Morgan fingerprint density at radius 1 is 1.23 bits per heavy atom. The Hall–Kier alpha value is -3.07. The fraction of sp³-hybridized carbons (Fsp3) is 0.353. The molecule has 9 nitrogen and oxygen atoms in total. The summed E-state index contributed by atoms with van der Waals surface area (Å²) in [6.07, 6.45) is 3.43. The summed E-state index contributed by atoms with van der Waals surface area (Å²) >= 11 is 0. The van der Waals surface area contributed by atoms with Crippen molar-refractivity contribution >= 4 is 23.2 Å². The number of nitro benzene ring substituents is 1. The smallest absolute Gasteiger partial charge is 0.292 e. The summed E-state index contributed by atoms with van der Waals surface area (Å²) in [6.45, 7) is 4.88. The maximum Gasteiger partial charge on any atom is 0.292 e. The number of piperazine rings is 1. The summed E-state index contributed by atoms with van der Waals surface area (Å²) in [4.78, 5) is 34.9. The van der Waals surface area contributed by atoms with Crippen molar-refractivity contribution in [2.45, 2.75) is 13.0 Å². The molecule has 0 saturated carbocycles. The van der Waals surface area contributed by atoms with Crippen LogP contribution in [0.5, 0.6) is 0 Å². The minimum atomic E-state index is -0.494. The molecule has 1 aromatic carbocycles. The fourth-order valence-electron chi connectivity index (χ4n) is 3.05. The molecule has 0 bridgehead atoms. The molecule has 9 heteroatoms. The number of hydrogen-bond acceptors (Lipinski definition) is 6. The van der Waals surface area contributed by atoms with Crippen LogP contribution in [0.3, 0.4) is 0 Å². The second kappa shape index (κ2) is 7.87. The Balaban J connectivity index is 1.59. The number of nitrogens with one attached hydrogen (secondary N) is 2. The predicted octanol–water partition coefficient (Wildman–Crippen LogP) is 0.117. The Morgan fingerprint density at radius 3 is 2.54 bits per heavy atom. The van der Waals surface area contributed by atoms with Gasteiger partial charge in [-0.05, 0) is 19.1 Å². The van der Waals surface area contributed by atoms with Crippen LogP contribution in [0.25, 0.3) is 0 Å². The van der Waals surface area contributed by atoms with Gasteiger partial charge in [-0.25, -0.2) is 9.97 Å². The van der Waals surface area contributed by atoms with E-state index in [1.54, 1.807) is 36.7 Å². The van der Waals surface area contributed by atoms with Crippen LogP contribution >= 0.6 is 0 Å². The summed E-state index contributed by atoms with van der Waals surface area (Å²) < 4.78 is 0. The van der Waals surface area contributed by atoms with Gasteiger partial charge < -0.3 is 15.1 Å². The minimum Gasteiger partial charge on any atom is -0.330 e. The molecule has 1 amide bonds. The fourth-order valence-corrected chi connectivity index (χ4v) is 3.05. The van der Waals surface area contributed by atoms with Crippen LogP contribution in [0, 0.1) is 10.1 Å². The average molecular weight is 357 g/mol. The molecule has 0 aliphatic carbocycles. The molecule has 2 aromatic rings. The number of amides is 1. The molecule has 1 fully saturated rings. The number of nitro groups is 1. The summed E-state index contributed by atoms with van der Waals surface area (Å²) in [5, 5.41) is 13.8. The van der Waals surface area contributed by atoms with E-state index in [1.165, 1.54) is 6.07 Å².